The molecule has 4 heteroatoms. The fourth-order valence-electron chi connectivity index (χ4n) is 1.95. The van der Waals surface area contributed by atoms with E-state index in [1.165, 1.54) is 0 Å². The molecule has 2 aromatic carbocycles. The lowest BCUT2D eigenvalue weighted by atomic mass is 10.1. The van der Waals surface area contributed by atoms with Crippen molar-refractivity contribution in [2.45, 2.75) is 26.9 Å². The Morgan fingerprint density at radius 1 is 1.19 bits per heavy atom. The molecule has 0 unspecified atom stereocenters. The van der Waals surface area contributed by atoms with Crippen molar-refractivity contribution < 1.29 is 9.53 Å². The first-order valence-corrected chi connectivity index (χ1v) is 7.59. The first-order valence-electron chi connectivity index (χ1n) is 6.80. The number of aryl methyl sites for hydroxylation is 1. The van der Waals surface area contributed by atoms with Crippen molar-refractivity contribution in [1.29, 1.82) is 0 Å². The predicted octanol–water partition coefficient (Wildman–Crippen LogP) is 4.80. The fraction of sp³-hybridized carbons (Fsp3) is 0.235. The van der Waals surface area contributed by atoms with E-state index in [2.05, 4.69) is 21.2 Å². The molecule has 0 saturated carbocycles. The summed E-state index contributed by atoms with van der Waals surface area (Å²) in [6, 6.07) is 13.0. The van der Waals surface area contributed by atoms with Crippen LogP contribution in [-0.4, -0.2) is 12.0 Å². The number of nitrogens with one attached hydrogen (secondary N) is 1. The number of anilines is 1. The highest BCUT2D eigenvalue weighted by Gasteiger charge is 2.09. The van der Waals surface area contributed by atoms with Crippen molar-refractivity contribution >= 4 is 27.5 Å². The summed E-state index contributed by atoms with van der Waals surface area (Å²) in [6.07, 6.45) is 0.131. The van der Waals surface area contributed by atoms with Crippen molar-refractivity contribution in [1.82, 2.24) is 0 Å². The van der Waals surface area contributed by atoms with Gasteiger partial charge in [0.05, 0.1) is 6.10 Å². The Bertz CT molecular complexity index is 653. The van der Waals surface area contributed by atoms with Crippen molar-refractivity contribution in [2.75, 3.05) is 5.32 Å². The van der Waals surface area contributed by atoms with E-state index in [0.29, 0.717) is 5.56 Å². The summed E-state index contributed by atoms with van der Waals surface area (Å²) in [7, 11) is 0. The maximum absolute atomic E-state index is 12.2. The summed E-state index contributed by atoms with van der Waals surface area (Å²) >= 11 is 3.37. The molecule has 1 N–H and O–H groups in total. The van der Waals surface area contributed by atoms with Gasteiger partial charge in [-0.15, -0.1) is 0 Å². The van der Waals surface area contributed by atoms with Crippen LogP contribution in [0.25, 0.3) is 0 Å². The molecule has 0 heterocycles. The van der Waals surface area contributed by atoms with Gasteiger partial charge < -0.3 is 10.1 Å². The number of benzene rings is 2. The minimum absolute atomic E-state index is 0.128. The van der Waals surface area contributed by atoms with Gasteiger partial charge >= 0.3 is 0 Å². The minimum atomic E-state index is -0.128. The maximum Gasteiger partial charge on any atom is 0.255 e. The SMILES string of the molecule is Cc1cc(OC(C)C)ccc1NC(=O)c1cccc(Br)c1. The number of carbonyl (C=O) groups excluding carboxylic acids is 1. The number of amides is 1. The third kappa shape index (κ3) is 4.33. The monoisotopic (exact) mass is 347 g/mol. The van der Waals surface area contributed by atoms with Gasteiger partial charge in [-0.2, -0.15) is 0 Å². The van der Waals surface area contributed by atoms with Crippen molar-refractivity contribution in [3.05, 3.63) is 58.1 Å². The van der Waals surface area contributed by atoms with Gasteiger partial charge in [-0.05, 0) is 62.7 Å². The van der Waals surface area contributed by atoms with Crippen LogP contribution in [0.2, 0.25) is 0 Å². The van der Waals surface area contributed by atoms with Crippen LogP contribution in [0.5, 0.6) is 5.75 Å². The van der Waals surface area contributed by atoms with Gasteiger partial charge in [-0.25, -0.2) is 0 Å². The van der Waals surface area contributed by atoms with Gasteiger partial charge in [0.1, 0.15) is 5.75 Å². The van der Waals surface area contributed by atoms with Gasteiger partial charge in [0.2, 0.25) is 0 Å². The molecule has 0 aromatic heterocycles. The zero-order valence-electron chi connectivity index (χ0n) is 12.3. The predicted molar refractivity (Wildman–Crippen MR) is 89.0 cm³/mol. The molecule has 110 valence electrons. The van der Waals surface area contributed by atoms with Gasteiger partial charge in [-0.1, -0.05) is 22.0 Å². The van der Waals surface area contributed by atoms with E-state index in [9.17, 15) is 4.79 Å². The largest absolute Gasteiger partial charge is 0.491 e. The molecule has 2 aromatic rings. The number of hydrogen-bond donors (Lipinski definition) is 1. The molecule has 0 aliphatic heterocycles. The Morgan fingerprint density at radius 2 is 1.95 bits per heavy atom. The van der Waals surface area contributed by atoms with E-state index in [0.717, 1.165) is 21.5 Å². The molecule has 0 bridgehead atoms. The van der Waals surface area contributed by atoms with Crippen LogP contribution < -0.4 is 10.1 Å². The standard InChI is InChI=1S/C17H18BrNO2/c1-11(2)21-15-7-8-16(12(3)9-15)19-17(20)13-5-4-6-14(18)10-13/h4-11H,1-3H3,(H,19,20). The molecular weight excluding hydrogens is 330 g/mol. The summed E-state index contributed by atoms with van der Waals surface area (Å²) < 4.78 is 6.52. The molecule has 2 rings (SSSR count). The highest BCUT2D eigenvalue weighted by molar-refractivity contribution is 9.10. The second-order valence-corrected chi connectivity index (χ2v) is 6.02. The topological polar surface area (TPSA) is 38.3 Å². The normalized spacial score (nSPS) is 10.5. The van der Waals surface area contributed by atoms with Crippen molar-refractivity contribution in [3.63, 3.8) is 0 Å². The molecule has 1 amide bonds. The Balaban J connectivity index is 2.14. The molecule has 0 aliphatic carbocycles. The van der Waals surface area contributed by atoms with Gasteiger partial charge in [0.15, 0.2) is 0 Å². The smallest absolute Gasteiger partial charge is 0.255 e. The summed E-state index contributed by atoms with van der Waals surface area (Å²) in [5.41, 5.74) is 2.37. The van der Waals surface area contributed by atoms with Crippen LogP contribution >= 0.6 is 15.9 Å². The lowest BCUT2D eigenvalue weighted by molar-refractivity contribution is 0.102. The highest BCUT2D eigenvalue weighted by atomic mass is 79.9. The fourth-order valence-corrected chi connectivity index (χ4v) is 2.35. The molecule has 0 radical (unpaired) electrons. The van der Waals surface area contributed by atoms with Gasteiger partial charge in [0, 0.05) is 15.7 Å². The van der Waals surface area contributed by atoms with Gasteiger partial charge in [0.25, 0.3) is 5.91 Å². The van der Waals surface area contributed by atoms with Crippen LogP contribution in [0.3, 0.4) is 0 Å². The Labute approximate surface area is 133 Å². The van der Waals surface area contributed by atoms with E-state index >= 15 is 0 Å². The van der Waals surface area contributed by atoms with Crippen LogP contribution in [0, 0.1) is 6.92 Å². The number of ether oxygens (including phenoxy) is 1. The second kappa shape index (κ2) is 6.76. The number of carbonyl (C=O) groups is 1. The Kier molecular flexibility index (Phi) is 5.02. The van der Waals surface area contributed by atoms with E-state index in [1.807, 2.05) is 51.1 Å². The molecule has 0 fully saturated rings. The van der Waals surface area contributed by atoms with Crippen LogP contribution in [0.15, 0.2) is 46.9 Å². The molecule has 0 spiro atoms. The van der Waals surface area contributed by atoms with Crippen LogP contribution in [0.1, 0.15) is 29.8 Å². The average molecular weight is 348 g/mol. The van der Waals surface area contributed by atoms with Crippen LogP contribution in [-0.2, 0) is 0 Å². The summed E-state index contributed by atoms with van der Waals surface area (Å²) in [5.74, 6) is 0.680. The molecule has 0 saturated heterocycles. The third-order valence-corrected chi connectivity index (χ3v) is 3.40. The third-order valence-electron chi connectivity index (χ3n) is 2.90. The Morgan fingerprint density at radius 3 is 2.57 bits per heavy atom. The zero-order chi connectivity index (χ0) is 15.4. The van der Waals surface area contributed by atoms with Crippen molar-refractivity contribution in [2.24, 2.45) is 0 Å². The average Bonchev–Trinajstić information content (AvgIpc) is 2.41. The quantitative estimate of drug-likeness (QED) is 0.862. The first-order chi connectivity index (χ1) is 9.95. The Hall–Kier alpha value is -1.81. The van der Waals surface area contributed by atoms with E-state index in [1.54, 1.807) is 12.1 Å². The molecule has 0 aliphatic rings. The number of hydrogen-bond acceptors (Lipinski definition) is 2. The summed E-state index contributed by atoms with van der Waals surface area (Å²) in [5, 5.41) is 2.92. The van der Waals surface area contributed by atoms with E-state index in [4.69, 9.17) is 4.74 Å². The van der Waals surface area contributed by atoms with Crippen LogP contribution in [0.4, 0.5) is 5.69 Å². The number of halogens is 1. The first kappa shape index (κ1) is 15.6. The highest BCUT2D eigenvalue weighted by Crippen LogP contribution is 2.23. The van der Waals surface area contributed by atoms with E-state index in [-0.39, 0.29) is 12.0 Å². The van der Waals surface area contributed by atoms with E-state index < -0.39 is 0 Å². The molecule has 3 nitrogen and oxygen atoms in total. The summed E-state index contributed by atoms with van der Waals surface area (Å²) in [4.78, 5) is 12.2. The number of rotatable bonds is 4. The lowest BCUT2D eigenvalue weighted by Gasteiger charge is -2.13. The lowest BCUT2D eigenvalue weighted by Crippen LogP contribution is -2.13. The molecule has 21 heavy (non-hydrogen) atoms. The minimum Gasteiger partial charge on any atom is -0.491 e. The maximum atomic E-state index is 12.2. The second-order valence-electron chi connectivity index (χ2n) is 5.11. The molecule has 0 atom stereocenters. The van der Waals surface area contributed by atoms with Gasteiger partial charge in [-0.3, -0.25) is 4.79 Å². The summed E-state index contributed by atoms with van der Waals surface area (Å²) in [6.45, 7) is 5.92. The zero-order valence-corrected chi connectivity index (χ0v) is 13.9. The van der Waals surface area contributed by atoms with Crippen molar-refractivity contribution in [3.8, 4) is 5.75 Å². The molecular formula is C17H18BrNO2.